The lowest BCUT2D eigenvalue weighted by atomic mass is 10.1. The maximum atomic E-state index is 11.6. The summed E-state index contributed by atoms with van der Waals surface area (Å²) in [7, 11) is 4.07. The molecule has 0 fully saturated rings. The van der Waals surface area contributed by atoms with E-state index in [1.54, 1.807) is 0 Å². The highest BCUT2D eigenvalue weighted by atomic mass is 16.1. The van der Waals surface area contributed by atoms with Gasteiger partial charge in [-0.2, -0.15) is 0 Å². The zero-order chi connectivity index (χ0) is 14.1. The standard InChI is InChI=1S/C15H25N3O/c1-13-6-4-7-14(10-13)11-16-12-15(19)17-8-5-9-18(2)3/h4,6-7,10,16H,5,8-9,11-12H2,1-3H3,(H,17,19). The smallest absolute Gasteiger partial charge is 0.233 e. The van der Waals surface area contributed by atoms with Gasteiger partial charge >= 0.3 is 0 Å². The van der Waals surface area contributed by atoms with Gasteiger partial charge < -0.3 is 15.5 Å². The maximum absolute atomic E-state index is 11.6. The maximum Gasteiger partial charge on any atom is 0.233 e. The van der Waals surface area contributed by atoms with Gasteiger partial charge in [0.2, 0.25) is 5.91 Å². The van der Waals surface area contributed by atoms with Crippen LogP contribution in [0.5, 0.6) is 0 Å². The summed E-state index contributed by atoms with van der Waals surface area (Å²) in [5.41, 5.74) is 2.45. The normalized spacial score (nSPS) is 10.7. The first-order chi connectivity index (χ1) is 9.08. The van der Waals surface area contributed by atoms with E-state index in [0.29, 0.717) is 6.54 Å². The number of carbonyl (C=O) groups is 1. The van der Waals surface area contributed by atoms with Crippen molar-refractivity contribution in [3.63, 3.8) is 0 Å². The van der Waals surface area contributed by atoms with Gasteiger partial charge in [0.1, 0.15) is 0 Å². The third-order valence-electron chi connectivity index (χ3n) is 2.80. The summed E-state index contributed by atoms with van der Waals surface area (Å²) in [6, 6.07) is 8.30. The molecule has 0 aliphatic carbocycles. The first kappa shape index (κ1) is 15.7. The SMILES string of the molecule is Cc1cccc(CNCC(=O)NCCCN(C)C)c1. The molecule has 1 aromatic carbocycles. The summed E-state index contributed by atoms with van der Waals surface area (Å²) in [4.78, 5) is 13.7. The molecule has 106 valence electrons. The van der Waals surface area contributed by atoms with Crippen LogP contribution < -0.4 is 10.6 Å². The van der Waals surface area contributed by atoms with E-state index >= 15 is 0 Å². The summed E-state index contributed by atoms with van der Waals surface area (Å²) in [5, 5.41) is 6.06. The van der Waals surface area contributed by atoms with E-state index in [9.17, 15) is 4.79 Å². The van der Waals surface area contributed by atoms with Crippen LogP contribution in [0.25, 0.3) is 0 Å². The minimum atomic E-state index is 0.0615. The molecule has 0 spiro atoms. The number of benzene rings is 1. The van der Waals surface area contributed by atoms with Crippen molar-refractivity contribution >= 4 is 5.91 Å². The van der Waals surface area contributed by atoms with Crippen molar-refractivity contribution in [2.45, 2.75) is 19.9 Å². The van der Waals surface area contributed by atoms with Crippen molar-refractivity contribution in [3.05, 3.63) is 35.4 Å². The van der Waals surface area contributed by atoms with Crippen LogP contribution in [-0.4, -0.2) is 44.5 Å². The Bertz CT molecular complexity index is 391. The van der Waals surface area contributed by atoms with Gasteiger partial charge in [0, 0.05) is 13.1 Å². The lowest BCUT2D eigenvalue weighted by Crippen LogP contribution is -2.35. The Hall–Kier alpha value is -1.39. The number of hydrogen-bond donors (Lipinski definition) is 2. The molecule has 0 saturated heterocycles. The zero-order valence-corrected chi connectivity index (χ0v) is 12.2. The molecule has 19 heavy (non-hydrogen) atoms. The summed E-state index contributed by atoms with van der Waals surface area (Å²) in [6.45, 7) is 4.91. The predicted molar refractivity (Wildman–Crippen MR) is 79.1 cm³/mol. The molecule has 2 N–H and O–H groups in total. The molecule has 0 aliphatic rings. The van der Waals surface area contributed by atoms with Gasteiger partial charge in [0.25, 0.3) is 0 Å². The fraction of sp³-hybridized carbons (Fsp3) is 0.533. The molecule has 0 aliphatic heterocycles. The summed E-state index contributed by atoms with van der Waals surface area (Å²) >= 11 is 0. The number of rotatable bonds is 8. The van der Waals surface area contributed by atoms with Crippen molar-refractivity contribution in [1.29, 1.82) is 0 Å². The van der Waals surface area contributed by atoms with E-state index in [0.717, 1.165) is 26.1 Å². The van der Waals surface area contributed by atoms with E-state index in [1.807, 2.05) is 20.2 Å². The van der Waals surface area contributed by atoms with Crippen LogP contribution in [-0.2, 0) is 11.3 Å². The molecule has 0 radical (unpaired) electrons. The van der Waals surface area contributed by atoms with Crippen molar-refractivity contribution < 1.29 is 4.79 Å². The molecule has 0 saturated carbocycles. The minimum absolute atomic E-state index is 0.0615. The largest absolute Gasteiger partial charge is 0.355 e. The first-order valence-electron chi connectivity index (χ1n) is 6.75. The number of nitrogens with one attached hydrogen (secondary N) is 2. The molecular formula is C15H25N3O. The van der Waals surface area contributed by atoms with Crippen molar-refractivity contribution in [2.24, 2.45) is 0 Å². The molecule has 1 aromatic rings. The van der Waals surface area contributed by atoms with E-state index in [-0.39, 0.29) is 5.91 Å². The van der Waals surface area contributed by atoms with Gasteiger partial charge in [-0.05, 0) is 39.5 Å². The Morgan fingerprint density at radius 1 is 1.32 bits per heavy atom. The van der Waals surface area contributed by atoms with Crippen LogP contribution in [0.3, 0.4) is 0 Å². The third-order valence-corrected chi connectivity index (χ3v) is 2.80. The van der Waals surface area contributed by atoms with Gasteiger partial charge in [-0.3, -0.25) is 4.79 Å². The topological polar surface area (TPSA) is 44.4 Å². The molecule has 0 unspecified atom stereocenters. The molecule has 4 nitrogen and oxygen atoms in total. The number of hydrogen-bond acceptors (Lipinski definition) is 3. The fourth-order valence-electron chi connectivity index (χ4n) is 1.83. The Morgan fingerprint density at radius 3 is 2.79 bits per heavy atom. The van der Waals surface area contributed by atoms with Gasteiger partial charge in [-0.1, -0.05) is 29.8 Å². The van der Waals surface area contributed by atoms with E-state index in [1.165, 1.54) is 11.1 Å². The molecule has 0 aromatic heterocycles. The minimum Gasteiger partial charge on any atom is -0.355 e. The highest BCUT2D eigenvalue weighted by Gasteiger charge is 2.00. The molecule has 0 heterocycles. The molecular weight excluding hydrogens is 238 g/mol. The van der Waals surface area contributed by atoms with Crippen molar-refractivity contribution in [3.8, 4) is 0 Å². The Balaban J connectivity index is 2.10. The van der Waals surface area contributed by atoms with Gasteiger partial charge in [-0.25, -0.2) is 0 Å². The van der Waals surface area contributed by atoms with E-state index in [2.05, 4.69) is 40.7 Å². The predicted octanol–water partition coefficient (Wildman–Crippen LogP) is 1.15. The van der Waals surface area contributed by atoms with Gasteiger partial charge in [0.05, 0.1) is 6.54 Å². The van der Waals surface area contributed by atoms with Crippen LogP contribution in [0.15, 0.2) is 24.3 Å². The molecule has 1 rings (SSSR count). The second-order valence-corrected chi connectivity index (χ2v) is 5.10. The van der Waals surface area contributed by atoms with Crippen molar-refractivity contribution in [1.82, 2.24) is 15.5 Å². The summed E-state index contributed by atoms with van der Waals surface area (Å²) in [5.74, 6) is 0.0615. The Morgan fingerprint density at radius 2 is 2.11 bits per heavy atom. The molecule has 0 bridgehead atoms. The summed E-state index contributed by atoms with van der Waals surface area (Å²) < 4.78 is 0. The second kappa shape index (κ2) is 8.67. The van der Waals surface area contributed by atoms with Crippen molar-refractivity contribution in [2.75, 3.05) is 33.7 Å². The monoisotopic (exact) mass is 263 g/mol. The highest BCUT2D eigenvalue weighted by Crippen LogP contribution is 2.02. The van der Waals surface area contributed by atoms with Crippen LogP contribution in [0.4, 0.5) is 0 Å². The Kier molecular flexibility index (Phi) is 7.15. The Labute approximate surface area is 116 Å². The van der Waals surface area contributed by atoms with Crippen LogP contribution in [0.1, 0.15) is 17.5 Å². The van der Waals surface area contributed by atoms with Crippen LogP contribution in [0, 0.1) is 6.92 Å². The van der Waals surface area contributed by atoms with Crippen LogP contribution in [0.2, 0.25) is 0 Å². The zero-order valence-electron chi connectivity index (χ0n) is 12.2. The first-order valence-corrected chi connectivity index (χ1v) is 6.75. The lowest BCUT2D eigenvalue weighted by molar-refractivity contribution is -0.120. The van der Waals surface area contributed by atoms with Gasteiger partial charge in [0.15, 0.2) is 0 Å². The lowest BCUT2D eigenvalue weighted by Gasteiger charge is -2.10. The quantitative estimate of drug-likeness (QED) is 0.692. The molecule has 0 atom stereocenters. The fourth-order valence-corrected chi connectivity index (χ4v) is 1.83. The highest BCUT2D eigenvalue weighted by molar-refractivity contribution is 5.77. The van der Waals surface area contributed by atoms with Crippen LogP contribution >= 0.6 is 0 Å². The third kappa shape index (κ3) is 7.59. The number of aryl methyl sites for hydroxylation is 1. The summed E-state index contributed by atoms with van der Waals surface area (Å²) in [6.07, 6.45) is 0.983. The van der Waals surface area contributed by atoms with E-state index < -0.39 is 0 Å². The average molecular weight is 263 g/mol. The van der Waals surface area contributed by atoms with Gasteiger partial charge in [-0.15, -0.1) is 0 Å². The number of carbonyl (C=O) groups excluding carboxylic acids is 1. The molecule has 4 heteroatoms. The second-order valence-electron chi connectivity index (χ2n) is 5.10. The number of amides is 1. The molecule has 1 amide bonds. The number of nitrogens with zero attached hydrogens (tertiary/aromatic N) is 1. The average Bonchev–Trinajstić information content (AvgIpc) is 2.34. The van der Waals surface area contributed by atoms with E-state index in [4.69, 9.17) is 0 Å².